The van der Waals surface area contributed by atoms with E-state index in [1.54, 1.807) is 0 Å². The first kappa shape index (κ1) is 16.9. The van der Waals surface area contributed by atoms with E-state index in [0.717, 1.165) is 19.5 Å². The van der Waals surface area contributed by atoms with Gasteiger partial charge >= 0.3 is 144 Å². The Labute approximate surface area is 143 Å². The summed E-state index contributed by atoms with van der Waals surface area (Å²) in [5.41, 5.74) is 0.355. The van der Waals surface area contributed by atoms with Gasteiger partial charge in [-0.05, 0) is 0 Å². The van der Waals surface area contributed by atoms with Gasteiger partial charge < -0.3 is 0 Å². The molecule has 3 saturated heterocycles. The summed E-state index contributed by atoms with van der Waals surface area (Å²) in [7, 11) is -1.89. The molecule has 3 fully saturated rings. The summed E-state index contributed by atoms with van der Waals surface area (Å²) in [6, 6.07) is 0.754. The van der Waals surface area contributed by atoms with E-state index in [9.17, 15) is 5.02 Å². The van der Waals surface area contributed by atoms with Gasteiger partial charge in [-0.15, -0.1) is 0 Å². The van der Waals surface area contributed by atoms with Crippen molar-refractivity contribution < 1.29 is 34.0 Å². The van der Waals surface area contributed by atoms with Crippen molar-refractivity contribution >= 4 is 15.4 Å². The van der Waals surface area contributed by atoms with E-state index in [-0.39, 0.29) is 7.05 Å². The first-order valence-electron chi connectivity index (χ1n) is 8.71. The van der Waals surface area contributed by atoms with Crippen molar-refractivity contribution in [2.24, 2.45) is 0 Å². The SMILES string of the molecule is CB(O)N1C2CCC1(CCO[Si](C)(C)C(C)(C)C)[C@H]1[Hg][C@@H]21. The summed E-state index contributed by atoms with van der Waals surface area (Å²) in [5, 5.41) is 10.5. The summed E-state index contributed by atoms with van der Waals surface area (Å²) in [5.74, 6) is 0. The second-order valence-corrected chi connectivity index (χ2v) is 22.8. The average Bonchev–Trinajstić information content (AvgIpc) is 3.00. The monoisotopic (exact) mass is 497 g/mol. The van der Waals surface area contributed by atoms with Gasteiger partial charge in [0.25, 0.3) is 0 Å². The predicted octanol–water partition coefficient (Wildman–Crippen LogP) is 3.40. The molecular weight excluding hydrogens is 466 g/mol. The van der Waals surface area contributed by atoms with Crippen molar-refractivity contribution in [1.82, 2.24) is 4.81 Å². The van der Waals surface area contributed by atoms with Gasteiger partial charge in [-0.2, -0.15) is 0 Å². The molecule has 1 N–H and O–H groups in total. The number of hydrogen-bond acceptors (Lipinski definition) is 3. The standard InChI is InChI=1S/C15H30BNO2Si.Hg/c1-14(2,3)20(5,6)19-12-11-15-9-7-13(8-10-15)17(15)16(4)18;/h7,9,13,18H,8,10-12H2,1-6H3;. The van der Waals surface area contributed by atoms with Crippen molar-refractivity contribution in [3.05, 3.63) is 0 Å². The molecule has 4 atom stereocenters. The van der Waals surface area contributed by atoms with Gasteiger partial charge in [0.2, 0.25) is 0 Å². The van der Waals surface area contributed by atoms with Crippen molar-refractivity contribution in [2.45, 2.75) is 83.4 Å². The molecule has 21 heavy (non-hydrogen) atoms. The van der Waals surface area contributed by atoms with Crippen LogP contribution in [0, 0.1) is 0 Å². The fourth-order valence-corrected chi connectivity index (χ4v) is 17.6. The third-order valence-corrected chi connectivity index (χ3v) is 22.4. The summed E-state index contributed by atoms with van der Waals surface area (Å²) in [6.45, 7) is 14.5. The normalized spacial score (nSPS) is 38.0. The molecule has 0 aliphatic carbocycles. The van der Waals surface area contributed by atoms with Crippen LogP contribution in [0.3, 0.4) is 0 Å². The van der Waals surface area contributed by atoms with Gasteiger partial charge in [0, 0.05) is 0 Å². The number of hydrogen-bond donors (Lipinski definition) is 1. The molecule has 3 rings (SSSR count). The molecular formula is C15H30BHgNO2Si. The van der Waals surface area contributed by atoms with Crippen LogP contribution >= 0.6 is 0 Å². The van der Waals surface area contributed by atoms with Crippen LogP contribution in [0.15, 0.2) is 0 Å². The van der Waals surface area contributed by atoms with Gasteiger partial charge in [0.1, 0.15) is 0 Å². The van der Waals surface area contributed by atoms with E-state index in [0.29, 0.717) is 10.6 Å². The van der Waals surface area contributed by atoms with E-state index in [1.807, 2.05) is 6.82 Å². The number of rotatable bonds is 5. The third-order valence-electron chi connectivity index (χ3n) is 6.98. The Morgan fingerprint density at radius 1 is 1.43 bits per heavy atom. The van der Waals surface area contributed by atoms with Crippen LogP contribution in [0.1, 0.15) is 40.0 Å². The van der Waals surface area contributed by atoms with Gasteiger partial charge in [-0.1, -0.05) is 0 Å². The zero-order valence-electron chi connectivity index (χ0n) is 14.6. The minimum absolute atomic E-state index is 0.258. The van der Waals surface area contributed by atoms with Crippen LogP contribution in [0.2, 0.25) is 31.8 Å². The first-order valence-corrected chi connectivity index (χ1v) is 18.0. The molecule has 3 aliphatic rings. The Hall–Kier alpha value is 1.10. The average molecular weight is 496 g/mol. The first-order chi connectivity index (χ1) is 9.60. The Morgan fingerprint density at radius 3 is 2.67 bits per heavy atom. The molecule has 0 radical (unpaired) electrons. The van der Waals surface area contributed by atoms with Crippen molar-refractivity contribution in [3.63, 3.8) is 0 Å². The Kier molecular flexibility index (Phi) is 4.27. The van der Waals surface area contributed by atoms with Crippen molar-refractivity contribution in [1.29, 1.82) is 0 Å². The molecule has 0 aromatic heterocycles. The Bertz CT molecular complexity index is 428. The molecule has 0 saturated carbocycles. The summed E-state index contributed by atoms with van der Waals surface area (Å²) in [6.07, 6.45) is 3.83. The van der Waals surface area contributed by atoms with E-state index < -0.39 is 32.9 Å². The van der Waals surface area contributed by atoms with Crippen molar-refractivity contribution in [2.75, 3.05) is 6.61 Å². The molecule has 6 heteroatoms. The van der Waals surface area contributed by atoms with E-state index in [1.165, 1.54) is 19.3 Å². The van der Waals surface area contributed by atoms with Crippen LogP contribution in [0.25, 0.3) is 0 Å². The van der Waals surface area contributed by atoms with Gasteiger partial charge in [-0.3, -0.25) is 0 Å². The fourth-order valence-electron chi connectivity index (χ4n) is 4.84. The molecule has 3 nitrogen and oxygen atoms in total. The maximum absolute atomic E-state index is 10.2. The van der Waals surface area contributed by atoms with Crippen LogP contribution in [0.5, 0.6) is 0 Å². The second-order valence-electron chi connectivity index (χ2n) is 9.11. The van der Waals surface area contributed by atoms with Crippen molar-refractivity contribution in [3.8, 4) is 0 Å². The summed E-state index contributed by atoms with van der Waals surface area (Å²) >= 11 is -0.594. The molecule has 2 bridgehead atoms. The Balaban J connectivity index is 1.65. The molecule has 2 unspecified atom stereocenters. The van der Waals surface area contributed by atoms with Crippen LogP contribution < -0.4 is 0 Å². The maximum atomic E-state index is 10.2. The van der Waals surface area contributed by atoms with E-state index in [2.05, 4.69) is 38.7 Å². The molecule has 0 aromatic carbocycles. The van der Waals surface area contributed by atoms with Gasteiger partial charge in [0.05, 0.1) is 0 Å². The molecule has 0 spiro atoms. The van der Waals surface area contributed by atoms with Crippen LogP contribution in [-0.2, 0) is 29.0 Å². The van der Waals surface area contributed by atoms with Gasteiger partial charge in [0.15, 0.2) is 0 Å². The molecule has 0 amide bonds. The van der Waals surface area contributed by atoms with E-state index >= 15 is 0 Å². The molecule has 0 aromatic rings. The zero-order valence-corrected chi connectivity index (χ0v) is 21.1. The predicted molar refractivity (Wildman–Crippen MR) is 86.7 cm³/mol. The summed E-state index contributed by atoms with van der Waals surface area (Å²) < 4.78 is 8.61. The zero-order chi connectivity index (χ0) is 15.6. The molecule has 3 heterocycles. The Morgan fingerprint density at radius 2 is 2.10 bits per heavy atom. The van der Waals surface area contributed by atoms with E-state index in [4.69, 9.17) is 4.43 Å². The quantitative estimate of drug-likeness (QED) is 0.594. The molecule has 3 aliphatic heterocycles. The molecule has 116 valence electrons. The number of fused-ring (bicyclic) bond motifs is 5. The van der Waals surface area contributed by atoms with Gasteiger partial charge in [-0.25, -0.2) is 0 Å². The minimum atomic E-state index is -1.63. The fraction of sp³-hybridized carbons (Fsp3) is 1.00. The van der Waals surface area contributed by atoms with Crippen LogP contribution in [0.4, 0.5) is 0 Å². The second kappa shape index (κ2) is 5.30. The third kappa shape index (κ3) is 2.63. The topological polar surface area (TPSA) is 32.7 Å². The summed E-state index contributed by atoms with van der Waals surface area (Å²) in [4.78, 5) is 2.50. The number of nitrogens with zero attached hydrogens (tertiary/aromatic N) is 1. The van der Waals surface area contributed by atoms with Crippen LogP contribution in [-0.4, -0.2) is 43.4 Å².